The van der Waals surface area contributed by atoms with Crippen molar-refractivity contribution in [3.63, 3.8) is 0 Å². The maximum absolute atomic E-state index is 10.5. The molecular weight excluding hydrogens is 210 g/mol. The Morgan fingerprint density at radius 3 is 2.79 bits per heavy atom. The molecule has 0 unspecified atom stereocenters. The van der Waals surface area contributed by atoms with Gasteiger partial charge in [0.15, 0.2) is 16.5 Å². The summed E-state index contributed by atoms with van der Waals surface area (Å²) in [4.78, 5) is 9.98. The Kier molecular flexibility index (Phi) is 2.17. The number of nitrogens with zero attached hydrogens (tertiary/aromatic N) is 1. The van der Waals surface area contributed by atoms with Crippen LogP contribution in [0.4, 0.5) is 5.69 Å². The molecule has 1 aromatic carbocycles. The van der Waals surface area contributed by atoms with Crippen molar-refractivity contribution < 1.29 is 14.4 Å². The Morgan fingerprint density at radius 1 is 1.36 bits per heavy atom. The van der Waals surface area contributed by atoms with Gasteiger partial charge in [-0.05, 0) is 6.07 Å². The third-order valence-corrected chi connectivity index (χ3v) is 2.19. The molecule has 0 radical (unpaired) electrons. The molecule has 0 amide bonds. The van der Waals surface area contributed by atoms with Gasteiger partial charge in [0.25, 0.3) is 5.69 Å². The highest BCUT2D eigenvalue weighted by atomic mass is 35.5. The average molecular weight is 216 g/mol. The molecule has 6 heteroatoms. The van der Waals surface area contributed by atoms with E-state index in [-0.39, 0.29) is 16.5 Å². The molecule has 0 bridgehead atoms. The summed E-state index contributed by atoms with van der Waals surface area (Å²) in [5.74, 6) is 0.707. The minimum Gasteiger partial charge on any atom is -0.486 e. The molecule has 1 heterocycles. The van der Waals surface area contributed by atoms with Crippen LogP contribution in [-0.4, -0.2) is 18.1 Å². The average Bonchev–Trinajstić information content (AvgIpc) is 2.18. The normalized spacial score (nSPS) is 13.8. The van der Waals surface area contributed by atoms with Crippen molar-refractivity contribution in [1.82, 2.24) is 0 Å². The molecule has 1 aliphatic heterocycles. The molecule has 0 saturated heterocycles. The predicted octanol–water partition coefficient (Wildman–Crippen LogP) is 2.02. The van der Waals surface area contributed by atoms with Gasteiger partial charge in [-0.2, -0.15) is 0 Å². The molecule has 1 aliphatic rings. The summed E-state index contributed by atoms with van der Waals surface area (Å²) in [5.41, 5.74) is -0.170. The Balaban J connectivity index is 2.54. The number of rotatable bonds is 1. The molecule has 14 heavy (non-hydrogen) atoms. The molecule has 74 valence electrons. The first-order valence-electron chi connectivity index (χ1n) is 3.92. The molecule has 0 atom stereocenters. The second-order valence-corrected chi connectivity index (χ2v) is 3.06. The zero-order chi connectivity index (χ0) is 10.1. The summed E-state index contributed by atoms with van der Waals surface area (Å²) in [6, 6.07) is 2.79. The Labute approximate surface area is 84.3 Å². The number of fused-ring (bicyclic) bond motifs is 1. The molecule has 2 rings (SSSR count). The highest BCUT2D eigenvalue weighted by molar-refractivity contribution is 6.34. The fraction of sp³-hybridized carbons (Fsp3) is 0.250. The van der Waals surface area contributed by atoms with Crippen LogP contribution in [0.2, 0.25) is 5.02 Å². The monoisotopic (exact) mass is 215 g/mol. The first kappa shape index (κ1) is 9.08. The number of hydrogen-bond acceptors (Lipinski definition) is 4. The summed E-state index contributed by atoms with van der Waals surface area (Å²) in [6.07, 6.45) is 0. The van der Waals surface area contributed by atoms with E-state index >= 15 is 0 Å². The Morgan fingerprint density at radius 2 is 2.07 bits per heavy atom. The van der Waals surface area contributed by atoms with E-state index in [4.69, 9.17) is 21.1 Å². The van der Waals surface area contributed by atoms with Crippen LogP contribution in [-0.2, 0) is 0 Å². The van der Waals surface area contributed by atoms with Gasteiger partial charge in [-0.1, -0.05) is 11.6 Å². The van der Waals surface area contributed by atoms with Gasteiger partial charge in [-0.15, -0.1) is 0 Å². The molecule has 0 saturated carbocycles. The molecule has 0 aromatic heterocycles. The Hall–Kier alpha value is -1.49. The first-order valence-corrected chi connectivity index (χ1v) is 4.30. The van der Waals surface area contributed by atoms with Crippen LogP contribution < -0.4 is 9.47 Å². The molecule has 0 N–H and O–H groups in total. The fourth-order valence-corrected chi connectivity index (χ4v) is 1.49. The first-order chi connectivity index (χ1) is 6.70. The number of ether oxygens (including phenoxy) is 2. The van der Waals surface area contributed by atoms with Crippen molar-refractivity contribution in [3.8, 4) is 11.5 Å². The third kappa shape index (κ3) is 1.35. The predicted molar refractivity (Wildman–Crippen MR) is 49.1 cm³/mol. The molecule has 5 nitrogen and oxygen atoms in total. The van der Waals surface area contributed by atoms with E-state index in [1.54, 1.807) is 0 Å². The van der Waals surface area contributed by atoms with Gasteiger partial charge in [-0.3, -0.25) is 10.1 Å². The van der Waals surface area contributed by atoms with Crippen molar-refractivity contribution in [2.45, 2.75) is 0 Å². The van der Waals surface area contributed by atoms with E-state index < -0.39 is 4.92 Å². The van der Waals surface area contributed by atoms with E-state index in [0.717, 1.165) is 0 Å². The van der Waals surface area contributed by atoms with Crippen LogP contribution in [0.1, 0.15) is 0 Å². The van der Waals surface area contributed by atoms with Crippen LogP contribution in [0.15, 0.2) is 12.1 Å². The van der Waals surface area contributed by atoms with Crippen LogP contribution in [0, 0.1) is 10.1 Å². The molecule has 0 fully saturated rings. The molecule has 1 aromatic rings. The van der Waals surface area contributed by atoms with Crippen molar-refractivity contribution in [2.75, 3.05) is 13.2 Å². The fourth-order valence-electron chi connectivity index (χ4n) is 1.21. The number of benzene rings is 1. The third-order valence-electron chi connectivity index (χ3n) is 1.82. The lowest BCUT2D eigenvalue weighted by atomic mass is 10.2. The lowest BCUT2D eigenvalue weighted by Crippen LogP contribution is -2.15. The number of nitro groups is 1. The van der Waals surface area contributed by atoms with E-state index in [1.807, 2.05) is 0 Å². The SMILES string of the molecule is O=[N+]([O-])c1ccc2c(c1Cl)OCCO2. The van der Waals surface area contributed by atoms with Crippen LogP contribution in [0.3, 0.4) is 0 Å². The van der Waals surface area contributed by atoms with Gasteiger partial charge in [0, 0.05) is 6.07 Å². The van der Waals surface area contributed by atoms with E-state index in [2.05, 4.69) is 0 Å². The maximum atomic E-state index is 10.5. The van der Waals surface area contributed by atoms with Gasteiger partial charge < -0.3 is 9.47 Å². The van der Waals surface area contributed by atoms with Crippen LogP contribution in [0.25, 0.3) is 0 Å². The van der Waals surface area contributed by atoms with Gasteiger partial charge in [0.05, 0.1) is 4.92 Å². The molecular formula is C8H6ClNO4. The minimum atomic E-state index is -0.555. The summed E-state index contributed by atoms with van der Waals surface area (Å²) >= 11 is 5.78. The maximum Gasteiger partial charge on any atom is 0.291 e. The quantitative estimate of drug-likeness (QED) is 0.531. The Bertz CT molecular complexity index is 393. The number of halogens is 1. The highest BCUT2D eigenvalue weighted by Gasteiger charge is 2.23. The van der Waals surface area contributed by atoms with Crippen molar-refractivity contribution >= 4 is 17.3 Å². The van der Waals surface area contributed by atoms with Gasteiger partial charge in [0.1, 0.15) is 13.2 Å². The minimum absolute atomic E-state index is 0.00722. The van der Waals surface area contributed by atoms with Crippen molar-refractivity contribution in [2.24, 2.45) is 0 Å². The number of hydrogen-bond donors (Lipinski definition) is 0. The van der Waals surface area contributed by atoms with Gasteiger partial charge >= 0.3 is 0 Å². The van der Waals surface area contributed by atoms with Gasteiger partial charge in [-0.25, -0.2) is 0 Å². The van der Waals surface area contributed by atoms with Crippen LogP contribution in [0.5, 0.6) is 11.5 Å². The van der Waals surface area contributed by atoms with E-state index in [9.17, 15) is 10.1 Å². The topological polar surface area (TPSA) is 61.6 Å². The van der Waals surface area contributed by atoms with Crippen molar-refractivity contribution in [3.05, 3.63) is 27.3 Å². The zero-order valence-electron chi connectivity index (χ0n) is 7.03. The standard InChI is InChI=1S/C8H6ClNO4/c9-7-5(10(11)12)1-2-6-8(7)14-4-3-13-6/h1-2H,3-4H2. The van der Waals surface area contributed by atoms with Crippen LogP contribution >= 0.6 is 11.6 Å². The second-order valence-electron chi connectivity index (χ2n) is 2.68. The summed E-state index contributed by atoms with van der Waals surface area (Å²) in [7, 11) is 0. The van der Waals surface area contributed by atoms with E-state index in [1.165, 1.54) is 12.1 Å². The smallest absolute Gasteiger partial charge is 0.291 e. The lowest BCUT2D eigenvalue weighted by Gasteiger charge is -2.18. The molecule has 0 spiro atoms. The van der Waals surface area contributed by atoms with Crippen molar-refractivity contribution in [1.29, 1.82) is 0 Å². The second kappa shape index (κ2) is 3.34. The molecule has 0 aliphatic carbocycles. The highest BCUT2D eigenvalue weighted by Crippen LogP contribution is 2.42. The summed E-state index contributed by atoms with van der Waals surface area (Å²) in [5, 5.41) is 10.5. The summed E-state index contributed by atoms with van der Waals surface area (Å²) < 4.78 is 10.4. The largest absolute Gasteiger partial charge is 0.486 e. The number of nitro benzene ring substituents is 1. The lowest BCUT2D eigenvalue weighted by molar-refractivity contribution is -0.384. The van der Waals surface area contributed by atoms with Gasteiger partial charge in [0.2, 0.25) is 0 Å². The zero-order valence-corrected chi connectivity index (χ0v) is 7.78. The van der Waals surface area contributed by atoms with E-state index in [0.29, 0.717) is 19.0 Å². The summed E-state index contributed by atoms with van der Waals surface area (Å²) in [6.45, 7) is 0.787.